The van der Waals surface area contributed by atoms with Gasteiger partial charge in [-0.25, -0.2) is 0 Å². The molecule has 2 aliphatic heterocycles. The lowest BCUT2D eigenvalue weighted by Crippen LogP contribution is -2.46. The van der Waals surface area contributed by atoms with E-state index in [4.69, 9.17) is 9.47 Å². The minimum Gasteiger partial charge on any atom is -0.489 e. The summed E-state index contributed by atoms with van der Waals surface area (Å²) in [6.07, 6.45) is 4.67. The summed E-state index contributed by atoms with van der Waals surface area (Å²) in [4.78, 5) is 0. The van der Waals surface area contributed by atoms with E-state index < -0.39 is 0 Å². The number of halogens is 1. The molecule has 2 fully saturated rings. The van der Waals surface area contributed by atoms with Gasteiger partial charge in [-0.3, -0.25) is 0 Å². The highest BCUT2D eigenvalue weighted by Crippen LogP contribution is 2.39. The molecule has 0 saturated carbocycles. The van der Waals surface area contributed by atoms with Crippen molar-refractivity contribution >= 4 is 27.7 Å². The van der Waals surface area contributed by atoms with Crippen LogP contribution in [0.25, 0.3) is 0 Å². The van der Waals surface area contributed by atoms with Gasteiger partial charge in [0.15, 0.2) is 0 Å². The number of thioether (sulfide) groups is 1. The predicted molar refractivity (Wildman–Crippen MR) is 83.0 cm³/mol. The fraction of sp³-hybridized carbons (Fsp3) is 0.600. The van der Waals surface area contributed by atoms with E-state index in [1.54, 1.807) is 0 Å². The van der Waals surface area contributed by atoms with Gasteiger partial charge in [-0.15, -0.1) is 0 Å². The van der Waals surface area contributed by atoms with Crippen LogP contribution in [0.2, 0.25) is 0 Å². The van der Waals surface area contributed by atoms with Gasteiger partial charge in [0.25, 0.3) is 0 Å². The number of rotatable bonds is 2. The van der Waals surface area contributed by atoms with Crippen molar-refractivity contribution in [3.8, 4) is 5.75 Å². The molecule has 0 N–H and O–H groups in total. The maximum Gasteiger partial charge on any atom is 0.133 e. The summed E-state index contributed by atoms with van der Waals surface area (Å²) in [5.41, 5.74) is 0.0927. The first-order chi connectivity index (χ1) is 9.27. The molecule has 1 atom stereocenters. The van der Waals surface area contributed by atoms with Gasteiger partial charge in [0, 0.05) is 12.8 Å². The van der Waals surface area contributed by atoms with Crippen molar-refractivity contribution in [2.45, 2.75) is 37.4 Å². The molecular formula is C15H19BrO2S. The normalized spacial score (nSPS) is 26.3. The first kappa shape index (κ1) is 13.8. The van der Waals surface area contributed by atoms with Crippen LogP contribution in [-0.2, 0) is 4.74 Å². The van der Waals surface area contributed by atoms with Gasteiger partial charge in [-0.1, -0.05) is 12.1 Å². The Bertz CT molecular complexity index is 426. The summed E-state index contributed by atoms with van der Waals surface area (Å²) < 4.78 is 13.3. The zero-order valence-electron chi connectivity index (χ0n) is 10.9. The Hall–Kier alpha value is -0.190. The molecule has 0 radical (unpaired) electrons. The van der Waals surface area contributed by atoms with Crippen LogP contribution in [-0.4, -0.2) is 29.8 Å². The van der Waals surface area contributed by atoms with Gasteiger partial charge in [0.05, 0.1) is 16.7 Å². The molecule has 0 aromatic heterocycles. The molecular weight excluding hydrogens is 324 g/mol. The Balaban J connectivity index is 1.67. The maximum absolute atomic E-state index is 6.18. The minimum atomic E-state index is 0.0927. The van der Waals surface area contributed by atoms with Crippen molar-refractivity contribution < 1.29 is 9.47 Å². The van der Waals surface area contributed by atoms with E-state index in [1.165, 1.54) is 24.3 Å². The summed E-state index contributed by atoms with van der Waals surface area (Å²) >= 11 is 5.59. The van der Waals surface area contributed by atoms with E-state index in [1.807, 2.05) is 36.0 Å². The molecule has 1 unspecified atom stereocenters. The average Bonchev–Trinajstić information content (AvgIpc) is 2.42. The van der Waals surface area contributed by atoms with E-state index in [0.29, 0.717) is 0 Å². The quantitative estimate of drug-likeness (QED) is 0.799. The van der Waals surface area contributed by atoms with Crippen LogP contribution in [0.15, 0.2) is 28.7 Å². The zero-order valence-corrected chi connectivity index (χ0v) is 13.3. The van der Waals surface area contributed by atoms with E-state index >= 15 is 0 Å². The van der Waals surface area contributed by atoms with Crippen LogP contribution in [0.4, 0.5) is 0 Å². The summed E-state index contributed by atoms with van der Waals surface area (Å²) in [6.45, 7) is 0.833. The monoisotopic (exact) mass is 342 g/mol. The largest absolute Gasteiger partial charge is 0.489 e. The molecule has 4 heteroatoms. The summed E-state index contributed by atoms with van der Waals surface area (Å²) in [6, 6.07) is 8.10. The van der Waals surface area contributed by atoms with Crippen LogP contribution in [0.5, 0.6) is 5.75 Å². The van der Waals surface area contributed by atoms with Crippen molar-refractivity contribution in [2.75, 3.05) is 18.1 Å². The Labute approximate surface area is 127 Å². The molecule has 0 bridgehead atoms. The van der Waals surface area contributed by atoms with Crippen molar-refractivity contribution in [3.05, 3.63) is 28.7 Å². The van der Waals surface area contributed by atoms with Crippen LogP contribution in [0.3, 0.4) is 0 Å². The smallest absolute Gasteiger partial charge is 0.133 e. The molecule has 2 heterocycles. The number of hydrogen-bond acceptors (Lipinski definition) is 3. The van der Waals surface area contributed by atoms with E-state index in [-0.39, 0.29) is 11.7 Å². The summed E-state index contributed by atoms with van der Waals surface area (Å²) in [5.74, 6) is 3.40. The molecule has 0 aliphatic carbocycles. The van der Waals surface area contributed by atoms with Gasteiger partial charge in [0.1, 0.15) is 11.9 Å². The Morgan fingerprint density at radius 3 is 2.84 bits per heavy atom. The van der Waals surface area contributed by atoms with Crippen molar-refractivity contribution in [1.82, 2.24) is 0 Å². The first-order valence-corrected chi connectivity index (χ1v) is 8.85. The van der Waals surface area contributed by atoms with Crippen molar-refractivity contribution in [1.29, 1.82) is 0 Å². The molecule has 19 heavy (non-hydrogen) atoms. The fourth-order valence-electron chi connectivity index (χ4n) is 2.90. The first-order valence-electron chi connectivity index (χ1n) is 6.90. The van der Waals surface area contributed by atoms with E-state index in [2.05, 4.69) is 15.9 Å². The lowest BCUT2D eigenvalue weighted by Gasteiger charge is -2.43. The second kappa shape index (κ2) is 6.06. The highest BCUT2D eigenvalue weighted by molar-refractivity contribution is 9.10. The second-order valence-electron chi connectivity index (χ2n) is 5.31. The predicted octanol–water partition coefficient (Wildman–Crippen LogP) is 4.27. The van der Waals surface area contributed by atoms with Crippen molar-refractivity contribution in [3.63, 3.8) is 0 Å². The van der Waals surface area contributed by atoms with Crippen LogP contribution >= 0.6 is 27.7 Å². The molecule has 2 nitrogen and oxygen atoms in total. The van der Waals surface area contributed by atoms with Gasteiger partial charge >= 0.3 is 0 Å². The molecule has 1 aromatic carbocycles. The average molecular weight is 343 g/mol. The van der Waals surface area contributed by atoms with Crippen LogP contribution < -0.4 is 4.74 Å². The number of ether oxygens (including phenoxy) is 2. The molecule has 2 saturated heterocycles. The lowest BCUT2D eigenvalue weighted by molar-refractivity contribution is -0.116. The highest BCUT2D eigenvalue weighted by Gasteiger charge is 2.39. The molecule has 104 valence electrons. The lowest BCUT2D eigenvalue weighted by atomic mass is 9.86. The Morgan fingerprint density at radius 1 is 1.26 bits per heavy atom. The molecule has 2 aliphatic rings. The summed E-state index contributed by atoms with van der Waals surface area (Å²) in [7, 11) is 0. The minimum absolute atomic E-state index is 0.0927. The fourth-order valence-corrected chi connectivity index (χ4v) is 4.51. The van der Waals surface area contributed by atoms with Crippen LogP contribution in [0, 0.1) is 0 Å². The molecule has 1 spiro atoms. The van der Waals surface area contributed by atoms with Gasteiger partial charge in [-0.05, 0) is 52.4 Å². The van der Waals surface area contributed by atoms with Gasteiger partial charge in [0.2, 0.25) is 0 Å². The Kier molecular flexibility index (Phi) is 4.40. The second-order valence-corrected chi connectivity index (χ2v) is 7.39. The Morgan fingerprint density at radius 2 is 2.05 bits per heavy atom. The summed E-state index contributed by atoms with van der Waals surface area (Å²) in [5, 5.41) is 0. The zero-order chi connectivity index (χ0) is 13.1. The standard InChI is InChI=1S/C15H19BrO2S/c16-13-3-1-2-4-14(13)18-12-5-8-17-15(11-12)6-9-19-10-7-15/h1-4,12H,5-11H2. The van der Waals surface area contributed by atoms with E-state index in [9.17, 15) is 0 Å². The van der Waals surface area contributed by atoms with Crippen molar-refractivity contribution in [2.24, 2.45) is 0 Å². The third-order valence-electron chi connectivity index (χ3n) is 3.98. The number of hydrogen-bond donors (Lipinski definition) is 0. The van der Waals surface area contributed by atoms with Gasteiger partial charge in [-0.2, -0.15) is 11.8 Å². The topological polar surface area (TPSA) is 18.5 Å². The third-order valence-corrected chi connectivity index (χ3v) is 5.62. The number of benzene rings is 1. The molecule has 3 rings (SSSR count). The SMILES string of the molecule is Brc1ccccc1OC1CCOC2(CCSCC2)C1. The third kappa shape index (κ3) is 3.29. The highest BCUT2D eigenvalue weighted by atomic mass is 79.9. The molecule has 1 aromatic rings. The van der Waals surface area contributed by atoms with Crippen LogP contribution in [0.1, 0.15) is 25.7 Å². The molecule has 0 amide bonds. The maximum atomic E-state index is 6.18. The van der Waals surface area contributed by atoms with E-state index in [0.717, 1.165) is 29.7 Å². The number of para-hydroxylation sites is 1. The van der Waals surface area contributed by atoms with Gasteiger partial charge < -0.3 is 9.47 Å².